The molecule has 0 atom stereocenters. The first-order valence-electron chi connectivity index (χ1n) is 11.7. The molecule has 1 aromatic heterocycles. The lowest BCUT2D eigenvalue weighted by atomic mass is 9.87. The van der Waals surface area contributed by atoms with E-state index in [1.807, 2.05) is 20.8 Å². The Labute approximate surface area is 226 Å². The van der Waals surface area contributed by atoms with Crippen molar-refractivity contribution in [1.29, 1.82) is 0 Å². The molecule has 208 valence electrons. The zero-order valence-corrected chi connectivity index (χ0v) is 22.9. The van der Waals surface area contributed by atoms with Gasteiger partial charge >= 0.3 is 11.9 Å². The molecule has 3 aromatic rings. The van der Waals surface area contributed by atoms with Crippen molar-refractivity contribution in [3.8, 4) is 23.1 Å². The highest BCUT2D eigenvalue weighted by Crippen LogP contribution is 2.38. The fourth-order valence-electron chi connectivity index (χ4n) is 3.21. The maximum atomic E-state index is 13.3. The van der Waals surface area contributed by atoms with E-state index in [1.54, 1.807) is 30.3 Å². The van der Waals surface area contributed by atoms with Crippen molar-refractivity contribution in [2.45, 2.75) is 38.0 Å². The second-order valence-corrected chi connectivity index (χ2v) is 10.9. The number of esters is 1. The van der Waals surface area contributed by atoms with Crippen LogP contribution in [0.25, 0.3) is 0 Å². The average Bonchev–Trinajstić information content (AvgIpc) is 2.87. The van der Waals surface area contributed by atoms with Crippen LogP contribution in [0.2, 0.25) is 0 Å². The molecule has 3 rings (SSSR count). The van der Waals surface area contributed by atoms with Crippen molar-refractivity contribution < 1.29 is 42.1 Å². The number of carbonyl (C=O) groups is 2. The van der Waals surface area contributed by atoms with Crippen LogP contribution in [0.1, 0.15) is 43.9 Å². The minimum Gasteiger partial charge on any atom is -0.497 e. The van der Waals surface area contributed by atoms with E-state index in [2.05, 4.69) is 14.7 Å². The molecule has 0 fully saturated rings. The summed E-state index contributed by atoms with van der Waals surface area (Å²) in [5.41, 5.74) is 0.719. The molecule has 0 spiro atoms. The number of rotatable bonds is 11. The van der Waals surface area contributed by atoms with Gasteiger partial charge in [0, 0.05) is 13.0 Å². The number of carbonyl (C=O) groups excluding carboxylic acids is 1. The molecule has 0 radical (unpaired) electrons. The van der Waals surface area contributed by atoms with E-state index in [4.69, 9.17) is 18.9 Å². The number of nitrogens with one attached hydrogen (secondary N) is 1. The monoisotopic (exact) mass is 559 g/mol. The number of nitrogens with zero attached hydrogens (tertiary/aromatic N) is 2. The minimum absolute atomic E-state index is 0.0874. The van der Waals surface area contributed by atoms with Gasteiger partial charge in [0.1, 0.15) is 24.7 Å². The van der Waals surface area contributed by atoms with E-state index < -0.39 is 39.5 Å². The summed E-state index contributed by atoms with van der Waals surface area (Å²) in [6.45, 7) is 6.79. The second kappa shape index (κ2) is 12.0. The Morgan fingerprint density at radius 3 is 2.26 bits per heavy atom. The number of carboxylic acids is 1. The van der Waals surface area contributed by atoms with Gasteiger partial charge in [0.25, 0.3) is 15.9 Å². The van der Waals surface area contributed by atoms with Gasteiger partial charge in [-0.15, -0.1) is 0 Å². The van der Waals surface area contributed by atoms with Gasteiger partial charge in [-0.3, -0.25) is 9.52 Å². The van der Waals surface area contributed by atoms with E-state index in [9.17, 15) is 23.1 Å². The number of hydrogen-bond acceptors (Lipinski definition) is 10. The van der Waals surface area contributed by atoms with Gasteiger partial charge in [-0.1, -0.05) is 39.0 Å². The van der Waals surface area contributed by atoms with Crippen molar-refractivity contribution in [1.82, 2.24) is 9.97 Å². The summed E-state index contributed by atoms with van der Waals surface area (Å²) in [7, 11) is -2.81. The van der Waals surface area contributed by atoms with E-state index >= 15 is 0 Å². The van der Waals surface area contributed by atoms with Crippen LogP contribution >= 0.6 is 0 Å². The fourth-order valence-corrected chi connectivity index (χ4v) is 4.22. The lowest BCUT2D eigenvalue weighted by molar-refractivity contribution is -0.141. The molecule has 0 amide bonds. The number of sulfonamides is 1. The quantitative estimate of drug-likeness (QED) is 0.258. The second-order valence-electron chi connectivity index (χ2n) is 9.18. The van der Waals surface area contributed by atoms with Crippen molar-refractivity contribution in [3.05, 3.63) is 59.9 Å². The third kappa shape index (κ3) is 7.80. The molecule has 2 N–H and O–H groups in total. The number of benzene rings is 2. The average molecular weight is 560 g/mol. The van der Waals surface area contributed by atoms with E-state index in [0.29, 0.717) is 5.75 Å². The van der Waals surface area contributed by atoms with Crippen LogP contribution < -0.4 is 18.9 Å². The topological polar surface area (TPSA) is 163 Å². The molecular formula is C26H29N3O9S. The molecule has 1 heterocycles. The Morgan fingerprint density at radius 2 is 1.67 bits per heavy atom. The largest absolute Gasteiger partial charge is 0.497 e. The number of ether oxygens (including phenoxy) is 4. The van der Waals surface area contributed by atoms with E-state index in [1.165, 1.54) is 32.2 Å². The van der Waals surface area contributed by atoms with Gasteiger partial charge < -0.3 is 24.1 Å². The molecule has 2 aromatic carbocycles. The zero-order valence-electron chi connectivity index (χ0n) is 22.0. The Hall–Kier alpha value is -4.39. The van der Waals surface area contributed by atoms with Gasteiger partial charge in [0.05, 0.1) is 12.0 Å². The number of aromatic nitrogens is 2. The summed E-state index contributed by atoms with van der Waals surface area (Å²) in [5, 5.41) is 9.56. The molecule has 0 aliphatic rings. The third-order valence-corrected chi connectivity index (χ3v) is 6.53. The molecule has 0 unspecified atom stereocenters. The summed E-state index contributed by atoms with van der Waals surface area (Å²) in [6.07, 6.45) is 0. The van der Waals surface area contributed by atoms with E-state index in [0.717, 1.165) is 5.56 Å². The molecule has 0 bridgehead atoms. The molecule has 12 nitrogen and oxygen atoms in total. The van der Waals surface area contributed by atoms with Gasteiger partial charge in [0.15, 0.2) is 5.82 Å². The van der Waals surface area contributed by atoms with Crippen molar-refractivity contribution in [2.24, 2.45) is 0 Å². The van der Waals surface area contributed by atoms with Crippen LogP contribution in [0.15, 0.2) is 53.4 Å². The predicted molar refractivity (Wildman–Crippen MR) is 140 cm³/mol. The first-order chi connectivity index (χ1) is 18.3. The SMILES string of the molecule is COc1cccc(Oc2c(NS(=O)(=O)c3ccc(C(C)(C)C)cc3)nc(C(=O)O)nc2OCCOC(C)=O)c1. The Morgan fingerprint density at radius 1 is 1.00 bits per heavy atom. The Balaban J connectivity index is 2.08. The van der Waals surface area contributed by atoms with Crippen LogP contribution in [0.5, 0.6) is 23.1 Å². The van der Waals surface area contributed by atoms with Gasteiger partial charge in [-0.25, -0.2) is 13.2 Å². The maximum absolute atomic E-state index is 13.3. The third-order valence-electron chi connectivity index (χ3n) is 5.18. The summed E-state index contributed by atoms with van der Waals surface area (Å²) >= 11 is 0. The molecule has 39 heavy (non-hydrogen) atoms. The van der Waals surface area contributed by atoms with Gasteiger partial charge in [-0.05, 0) is 35.2 Å². The maximum Gasteiger partial charge on any atom is 0.374 e. The van der Waals surface area contributed by atoms with Gasteiger partial charge in [-0.2, -0.15) is 9.97 Å². The summed E-state index contributed by atoms with van der Waals surface area (Å²) in [5.74, 6) is -3.39. The highest BCUT2D eigenvalue weighted by atomic mass is 32.2. The van der Waals surface area contributed by atoms with Crippen LogP contribution in [0.3, 0.4) is 0 Å². The number of hydrogen-bond donors (Lipinski definition) is 2. The van der Waals surface area contributed by atoms with E-state index in [-0.39, 0.29) is 35.0 Å². The van der Waals surface area contributed by atoms with Crippen LogP contribution in [0.4, 0.5) is 5.82 Å². The predicted octanol–water partition coefficient (Wildman–Crippen LogP) is 4.02. The molecule has 13 heteroatoms. The summed E-state index contributed by atoms with van der Waals surface area (Å²) < 4.78 is 50.4. The number of carboxylic acid groups (broad SMARTS) is 1. The first kappa shape index (κ1) is 29.2. The highest BCUT2D eigenvalue weighted by molar-refractivity contribution is 7.92. The van der Waals surface area contributed by atoms with Gasteiger partial charge in [0.2, 0.25) is 11.6 Å². The molecule has 0 aliphatic carbocycles. The van der Waals surface area contributed by atoms with Crippen molar-refractivity contribution >= 4 is 27.8 Å². The summed E-state index contributed by atoms with van der Waals surface area (Å²) in [4.78, 5) is 30.5. The number of anilines is 1. The standard InChI is InChI=1S/C26H29N3O9S/c1-16(30)36-13-14-37-24-21(38-19-8-6-7-18(15-19)35-5)22(27-23(28-24)25(31)32)29-39(33,34)20-11-9-17(10-12-20)26(2,3)4/h6-12,15H,13-14H2,1-5H3,(H,31,32)(H,27,28,29). The highest BCUT2D eigenvalue weighted by Gasteiger charge is 2.26. The molecule has 0 saturated carbocycles. The van der Waals surface area contributed by atoms with Crippen LogP contribution in [-0.4, -0.2) is 55.8 Å². The first-order valence-corrected chi connectivity index (χ1v) is 13.1. The van der Waals surface area contributed by atoms with Crippen LogP contribution in [-0.2, 0) is 25.0 Å². The number of aromatic carboxylic acids is 1. The van der Waals surface area contributed by atoms with Crippen molar-refractivity contribution in [2.75, 3.05) is 25.0 Å². The fraction of sp³-hybridized carbons (Fsp3) is 0.308. The van der Waals surface area contributed by atoms with Crippen molar-refractivity contribution in [3.63, 3.8) is 0 Å². The lowest BCUT2D eigenvalue weighted by Gasteiger charge is -2.19. The Bertz CT molecular complexity index is 1450. The molecule has 0 saturated heterocycles. The molecular weight excluding hydrogens is 530 g/mol. The minimum atomic E-state index is -4.26. The lowest BCUT2D eigenvalue weighted by Crippen LogP contribution is -2.19. The van der Waals surface area contributed by atoms with Crippen LogP contribution in [0, 0.1) is 0 Å². The number of methoxy groups -OCH3 is 1. The molecule has 0 aliphatic heterocycles. The summed E-state index contributed by atoms with van der Waals surface area (Å²) in [6, 6.07) is 12.6. The smallest absolute Gasteiger partial charge is 0.374 e. The zero-order chi connectivity index (χ0) is 28.8. The normalized spacial score (nSPS) is 11.4. The Kier molecular flexibility index (Phi) is 8.96.